The molecule has 1 unspecified atom stereocenters. The second-order valence-corrected chi connectivity index (χ2v) is 9.19. The van der Waals surface area contributed by atoms with Crippen LogP contribution < -0.4 is 16.8 Å². The zero-order valence-electron chi connectivity index (χ0n) is 20.3. The molecule has 5 nitrogen and oxygen atoms in total. The van der Waals surface area contributed by atoms with Crippen molar-refractivity contribution in [1.29, 1.82) is 0 Å². The Morgan fingerprint density at radius 3 is 2.34 bits per heavy atom. The standard InChI is InChI=1S/C27H45N3O2/c1-3-5-6-7-8-12-19-30-23-17-15-22(16-18-23)26(29)25(24(28)4-2)27(31)32-20-21-13-10-9-11-14-21/h15-18,21,26,30H,3-14,19-20,28-29H2,1-2H3/b25-24+. The number of rotatable bonds is 14. The van der Waals surface area contributed by atoms with Gasteiger partial charge >= 0.3 is 5.97 Å². The van der Waals surface area contributed by atoms with Gasteiger partial charge in [-0.15, -0.1) is 0 Å². The number of anilines is 1. The van der Waals surface area contributed by atoms with Gasteiger partial charge in [-0.05, 0) is 49.3 Å². The van der Waals surface area contributed by atoms with Gasteiger partial charge in [0.2, 0.25) is 0 Å². The number of carbonyl (C=O) groups is 1. The van der Waals surface area contributed by atoms with Gasteiger partial charge in [0.25, 0.3) is 0 Å². The molecule has 2 rings (SSSR count). The summed E-state index contributed by atoms with van der Waals surface area (Å²) in [6.07, 6.45) is 14.3. The van der Waals surface area contributed by atoms with Crippen LogP contribution in [0.3, 0.4) is 0 Å². The van der Waals surface area contributed by atoms with E-state index in [1.165, 1.54) is 57.8 Å². The number of nitrogens with two attached hydrogens (primary N) is 2. The van der Waals surface area contributed by atoms with Crippen LogP contribution in [-0.2, 0) is 9.53 Å². The fourth-order valence-corrected chi connectivity index (χ4v) is 4.39. The van der Waals surface area contributed by atoms with Crippen LogP contribution in [0.2, 0.25) is 0 Å². The number of ether oxygens (including phenoxy) is 1. The number of nitrogens with one attached hydrogen (secondary N) is 1. The lowest BCUT2D eigenvalue weighted by Gasteiger charge is -2.23. The minimum atomic E-state index is -0.582. The minimum absolute atomic E-state index is 0.368. The van der Waals surface area contributed by atoms with Gasteiger partial charge in [0.15, 0.2) is 0 Å². The number of esters is 1. The molecule has 0 amide bonds. The van der Waals surface area contributed by atoms with Crippen LogP contribution in [0.5, 0.6) is 0 Å². The minimum Gasteiger partial charge on any atom is -0.462 e. The van der Waals surface area contributed by atoms with E-state index in [0.29, 0.717) is 30.2 Å². The third kappa shape index (κ3) is 8.85. The Labute approximate surface area is 195 Å². The third-order valence-electron chi connectivity index (χ3n) is 6.56. The monoisotopic (exact) mass is 443 g/mol. The molecule has 180 valence electrons. The van der Waals surface area contributed by atoms with E-state index in [4.69, 9.17) is 16.2 Å². The number of unbranched alkanes of at least 4 members (excludes halogenated alkanes) is 5. The Morgan fingerprint density at radius 2 is 1.69 bits per heavy atom. The van der Waals surface area contributed by atoms with Crippen molar-refractivity contribution < 1.29 is 9.53 Å². The maximum absolute atomic E-state index is 12.9. The zero-order valence-corrected chi connectivity index (χ0v) is 20.3. The summed E-state index contributed by atoms with van der Waals surface area (Å²) >= 11 is 0. The van der Waals surface area contributed by atoms with Gasteiger partial charge in [0, 0.05) is 17.9 Å². The molecule has 0 heterocycles. The average Bonchev–Trinajstić information content (AvgIpc) is 2.83. The van der Waals surface area contributed by atoms with Crippen molar-refractivity contribution in [2.75, 3.05) is 18.5 Å². The molecule has 1 aliphatic rings. The molecule has 0 spiro atoms. The molecule has 1 aromatic rings. The molecular formula is C27H45N3O2. The van der Waals surface area contributed by atoms with E-state index in [0.717, 1.165) is 30.6 Å². The van der Waals surface area contributed by atoms with E-state index in [2.05, 4.69) is 12.2 Å². The van der Waals surface area contributed by atoms with E-state index < -0.39 is 6.04 Å². The molecule has 1 fully saturated rings. The molecule has 32 heavy (non-hydrogen) atoms. The quantitative estimate of drug-likeness (QED) is 0.181. The zero-order chi connectivity index (χ0) is 23.2. The van der Waals surface area contributed by atoms with Crippen LogP contribution >= 0.6 is 0 Å². The average molecular weight is 444 g/mol. The first kappa shape index (κ1) is 26.2. The molecular weight excluding hydrogens is 398 g/mol. The molecule has 0 aliphatic heterocycles. The summed E-state index contributed by atoms with van der Waals surface area (Å²) in [4.78, 5) is 12.9. The van der Waals surface area contributed by atoms with Gasteiger partial charge in [-0.1, -0.05) is 77.3 Å². The van der Waals surface area contributed by atoms with Crippen molar-refractivity contribution in [3.63, 3.8) is 0 Å². The molecule has 5 N–H and O–H groups in total. The topological polar surface area (TPSA) is 90.4 Å². The highest BCUT2D eigenvalue weighted by Gasteiger charge is 2.25. The van der Waals surface area contributed by atoms with Crippen LogP contribution in [-0.4, -0.2) is 19.1 Å². The maximum atomic E-state index is 12.9. The van der Waals surface area contributed by atoms with Crippen LogP contribution in [0.1, 0.15) is 103 Å². The predicted octanol–water partition coefficient (Wildman–Crippen LogP) is 6.21. The first-order valence-electron chi connectivity index (χ1n) is 12.8. The Balaban J connectivity index is 1.89. The summed E-state index contributed by atoms with van der Waals surface area (Å²) in [5, 5.41) is 3.48. The van der Waals surface area contributed by atoms with E-state index >= 15 is 0 Å². The fourth-order valence-electron chi connectivity index (χ4n) is 4.39. The maximum Gasteiger partial charge on any atom is 0.337 e. The van der Waals surface area contributed by atoms with Crippen LogP contribution in [0.15, 0.2) is 35.5 Å². The summed E-state index contributed by atoms with van der Waals surface area (Å²) < 4.78 is 5.66. The van der Waals surface area contributed by atoms with Gasteiger partial charge in [0.05, 0.1) is 18.2 Å². The first-order valence-corrected chi connectivity index (χ1v) is 12.8. The molecule has 5 heteroatoms. The molecule has 1 aliphatic carbocycles. The SMILES string of the molecule is CCCCCCCCNc1ccc(C(N)/C(C(=O)OCC2CCCCC2)=C(\N)CC)cc1. The van der Waals surface area contributed by atoms with Crippen molar-refractivity contribution in [2.45, 2.75) is 96.9 Å². The number of allylic oxidation sites excluding steroid dienone is 1. The number of carbonyl (C=O) groups excluding carboxylic acids is 1. The van der Waals surface area contributed by atoms with Crippen molar-refractivity contribution >= 4 is 11.7 Å². The van der Waals surface area contributed by atoms with Gasteiger partial charge in [-0.25, -0.2) is 4.79 Å². The Bertz CT molecular complexity index is 693. The van der Waals surface area contributed by atoms with Gasteiger partial charge in [-0.3, -0.25) is 0 Å². The van der Waals surface area contributed by atoms with E-state index in [1.54, 1.807) is 0 Å². The predicted molar refractivity (Wildman–Crippen MR) is 134 cm³/mol. The summed E-state index contributed by atoms with van der Waals surface area (Å²) in [5.74, 6) is 0.0951. The van der Waals surface area contributed by atoms with Crippen molar-refractivity contribution in [2.24, 2.45) is 17.4 Å². The van der Waals surface area contributed by atoms with Gasteiger partial charge in [-0.2, -0.15) is 0 Å². The molecule has 0 bridgehead atoms. The lowest BCUT2D eigenvalue weighted by atomic mass is 9.90. The Morgan fingerprint density at radius 1 is 1.03 bits per heavy atom. The number of hydrogen-bond acceptors (Lipinski definition) is 5. The van der Waals surface area contributed by atoms with Crippen molar-refractivity contribution in [3.05, 3.63) is 41.1 Å². The highest BCUT2D eigenvalue weighted by atomic mass is 16.5. The van der Waals surface area contributed by atoms with Crippen LogP contribution in [0.4, 0.5) is 5.69 Å². The lowest BCUT2D eigenvalue weighted by molar-refractivity contribution is -0.141. The van der Waals surface area contributed by atoms with E-state index in [1.807, 2.05) is 31.2 Å². The van der Waals surface area contributed by atoms with Crippen molar-refractivity contribution in [3.8, 4) is 0 Å². The largest absolute Gasteiger partial charge is 0.462 e. The van der Waals surface area contributed by atoms with Crippen molar-refractivity contribution in [1.82, 2.24) is 0 Å². The summed E-state index contributed by atoms with van der Waals surface area (Å²) in [5.41, 5.74) is 15.6. The summed E-state index contributed by atoms with van der Waals surface area (Å²) in [6.45, 7) is 5.62. The van der Waals surface area contributed by atoms with E-state index in [-0.39, 0.29) is 5.97 Å². The van der Waals surface area contributed by atoms with Gasteiger partial charge in [0.1, 0.15) is 0 Å². The Hall–Kier alpha value is -2.01. The first-order chi connectivity index (χ1) is 15.6. The molecule has 1 saturated carbocycles. The number of hydrogen-bond donors (Lipinski definition) is 3. The number of benzene rings is 1. The smallest absolute Gasteiger partial charge is 0.337 e. The molecule has 0 radical (unpaired) electrons. The molecule has 0 aromatic heterocycles. The van der Waals surface area contributed by atoms with Crippen LogP contribution in [0, 0.1) is 5.92 Å². The summed E-state index contributed by atoms with van der Waals surface area (Å²) in [6, 6.07) is 7.43. The second kappa shape index (κ2) is 14.9. The summed E-state index contributed by atoms with van der Waals surface area (Å²) in [7, 11) is 0. The van der Waals surface area contributed by atoms with Crippen LogP contribution in [0.25, 0.3) is 0 Å². The lowest BCUT2D eigenvalue weighted by Crippen LogP contribution is -2.27. The second-order valence-electron chi connectivity index (χ2n) is 9.19. The molecule has 1 aromatic carbocycles. The third-order valence-corrected chi connectivity index (χ3v) is 6.56. The van der Waals surface area contributed by atoms with Gasteiger partial charge < -0.3 is 21.5 Å². The normalized spacial score (nSPS) is 16.3. The molecule has 1 atom stereocenters. The highest BCUT2D eigenvalue weighted by molar-refractivity contribution is 5.91. The molecule has 0 saturated heterocycles. The highest BCUT2D eigenvalue weighted by Crippen LogP contribution is 2.27. The fraction of sp³-hybridized carbons (Fsp3) is 0.667. The Kier molecular flexibility index (Phi) is 12.3. The van der Waals surface area contributed by atoms with E-state index in [9.17, 15) is 4.79 Å².